The highest BCUT2D eigenvalue weighted by Crippen LogP contribution is 2.29. The van der Waals surface area contributed by atoms with Crippen LogP contribution in [0.2, 0.25) is 10.0 Å². The van der Waals surface area contributed by atoms with Crippen molar-refractivity contribution in [2.24, 2.45) is 0 Å². The molecule has 3 amide bonds. The van der Waals surface area contributed by atoms with E-state index in [4.69, 9.17) is 44.9 Å². The zero-order chi connectivity index (χ0) is 22.5. The lowest BCUT2D eigenvalue weighted by Crippen LogP contribution is -2.51. The molecule has 1 aliphatic heterocycles. The SMILES string of the molecule is COc1cc(C=C2C(=O)NC(=S)NC2=O)ccc1OCC(=O)Nc1ccc(Cl)c(Cl)c1. The summed E-state index contributed by atoms with van der Waals surface area (Å²) in [5.41, 5.74) is 0.878. The molecule has 2 aromatic carbocycles. The molecule has 3 N–H and O–H groups in total. The van der Waals surface area contributed by atoms with Gasteiger partial charge >= 0.3 is 0 Å². The highest BCUT2D eigenvalue weighted by molar-refractivity contribution is 7.80. The fraction of sp³-hybridized carbons (Fsp3) is 0.100. The number of halogens is 2. The van der Waals surface area contributed by atoms with Gasteiger partial charge in [-0.05, 0) is 54.2 Å². The van der Waals surface area contributed by atoms with E-state index in [0.29, 0.717) is 32.8 Å². The zero-order valence-electron chi connectivity index (χ0n) is 16.0. The molecule has 1 aliphatic rings. The van der Waals surface area contributed by atoms with Gasteiger partial charge in [0.1, 0.15) is 5.57 Å². The van der Waals surface area contributed by atoms with Crippen LogP contribution in [0.25, 0.3) is 6.08 Å². The van der Waals surface area contributed by atoms with Gasteiger partial charge in [0.05, 0.1) is 17.2 Å². The number of hydrogen-bond donors (Lipinski definition) is 3. The molecule has 160 valence electrons. The lowest BCUT2D eigenvalue weighted by molar-refractivity contribution is -0.123. The van der Waals surface area contributed by atoms with Crippen molar-refractivity contribution in [1.29, 1.82) is 0 Å². The molecule has 0 aromatic heterocycles. The molecule has 31 heavy (non-hydrogen) atoms. The molecule has 11 heteroatoms. The maximum absolute atomic E-state index is 12.1. The van der Waals surface area contributed by atoms with E-state index < -0.39 is 17.7 Å². The Kier molecular flexibility index (Phi) is 7.11. The van der Waals surface area contributed by atoms with Gasteiger partial charge in [-0.2, -0.15) is 0 Å². The Morgan fingerprint density at radius 1 is 1.06 bits per heavy atom. The van der Waals surface area contributed by atoms with Gasteiger partial charge in [0, 0.05) is 5.69 Å². The van der Waals surface area contributed by atoms with Gasteiger partial charge < -0.3 is 14.8 Å². The fourth-order valence-corrected chi connectivity index (χ4v) is 3.06. The van der Waals surface area contributed by atoms with Crippen LogP contribution in [-0.2, 0) is 14.4 Å². The van der Waals surface area contributed by atoms with E-state index in [2.05, 4.69) is 16.0 Å². The molecule has 3 rings (SSSR count). The molecule has 0 radical (unpaired) electrons. The quantitative estimate of drug-likeness (QED) is 0.334. The lowest BCUT2D eigenvalue weighted by atomic mass is 10.1. The topological polar surface area (TPSA) is 106 Å². The highest BCUT2D eigenvalue weighted by atomic mass is 35.5. The predicted octanol–water partition coefficient (Wildman–Crippen LogP) is 2.93. The standard InChI is InChI=1S/C20H15Cl2N3O5S/c1-29-16-7-10(6-12-18(27)24-20(31)25-19(12)28)2-5-15(16)30-9-17(26)23-11-3-4-13(21)14(22)8-11/h2-8H,9H2,1H3,(H,23,26)(H2,24,25,27,28,31). The molecule has 0 saturated carbocycles. The molecule has 0 bridgehead atoms. The smallest absolute Gasteiger partial charge is 0.263 e. The van der Waals surface area contributed by atoms with Crippen molar-refractivity contribution < 1.29 is 23.9 Å². The summed E-state index contributed by atoms with van der Waals surface area (Å²) in [6.45, 7) is -0.292. The van der Waals surface area contributed by atoms with Crippen molar-refractivity contribution >= 4 is 70.0 Å². The van der Waals surface area contributed by atoms with Gasteiger partial charge in [-0.1, -0.05) is 29.3 Å². The number of rotatable bonds is 6. The van der Waals surface area contributed by atoms with Crippen LogP contribution in [0.4, 0.5) is 5.69 Å². The summed E-state index contributed by atoms with van der Waals surface area (Å²) in [4.78, 5) is 36.1. The van der Waals surface area contributed by atoms with E-state index >= 15 is 0 Å². The highest BCUT2D eigenvalue weighted by Gasteiger charge is 2.25. The molecule has 8 nitrogen and oxygen atoms in total. The molecule has 2 aromatic rings. The van der Waals surface area contributed by atoms with Gasteiger partial charge in [-0.25, -0.2) is 0 Å². The number of carbonyl (C=O) groups is 3. The minimum Gasteiger partial charge on any atom is -0.493 e. The number of carbonyl (C=O) groups excluding carboxylic acids is 3. The maximum atomic E-state index is 12.1. The largest absolute Gasteiger partial charge is 0.493 e. The minimum absolute atomic E-state index is 0.0485. The van der Waals surface area contributed by atoms with Crippen LogP contribution in [0.5, 0.6) is 11.5 Å². The Morgan fingerprint density at radius 3 is 2.42 bits per heavy atom. The summed E-state index contributed by atoms with van der Waals surface area (Å²) in [6.07, 6.45) is 1.38. The number of hydrogen-bond acceptors (Lipinski definition) is 6. The van der Waals surface area contributed by atoms with Crippen LogP contribution < -0.4 is 25.4 Å². The van der Waals surface area contributed by atoms with Crippen molar-refractivity contribution in [2.45, 2.75) is 0 Å². The van der Waals surface area contributed by atoms with Crippen molar-refractivity contribution in [3.05, 3.63) is 57.6 Å². The lowest BCUT2D eigenvalue weighted by Gasteiger charge is -2.16. The number of methoxy groups -OCH3 is 1. The zero-order valence-corrected chi connectivity index (χ0v) is 18.3. The Hall–Kier alpha value is -3.14. The van der Waals surface area contributed by atoms with Gasteiger partial charge in [0.25, 0.3) is 17.7 Å². The van der Waals surface area contributed by atoms with E-state index in [1.54, 1.807) is 30.3 Å². The van der Waals surface area contributed by atoms with Gasteiger partial charge in [-0.15, -0.1) is 0 Å². The first kappa shape index (κ1) is 22.5. The molecule has 0 unspecified atom stereocenters. The third kappa shape index (κ3) is 5.72. The second kappa shape index (κ2) is 9.78. The second-order valence-corrected chi connectivity index (χ2v) is 7.39. The molecule has 1 fully saturated rings. The summed E-state index contributed by atoms with van der Waals surface area (Å²) < 4.78 is 10.8. The Labute approximate surface area is 192 Å². The molecule has 1 heterocycles. The summed E-state index contributed by atoms with van der Waals surface area (Å²) in [5, 5.41) is 7.99. The average Bonchev–Trinajstić information content (AvgIpc) is 2.72. The van der Waals surface area contributed by atoms with E-state index in [0.717, 1.165) is 0 Å². The van der Waals surface area contributed by atoms with Gasteiger partial charge in [0.15, 0.2) is 23.2 Å². The second-order valence-electron chi connectivity index (χ2n) is 6.17. The molecular formula is C20H15Cl2N3O5S. The number of anilines is 1. The molecule has 0 atom stereocenters. The number of nitrogens with one attached hydrogen (secondary N) is 3. The predicted molar refractivity (Wildman–Crippen MR) is 120 cm³/mol. The van der Waals surface area contributed by atoms with Crippen molar-refractivity contribution in [3.63, 3.8) is 0 Å². The third-order valence-corrected chi connectivity index (χ3v) is 4.95. The number of ether oxygens (including phenoxy) is 2. The monoisotopic (exact) mass is 479 g/mol. The van der Waals surface area contributed by atoms with Gasteiger partial charge in [0.2, 0.25) is 0 Å². The normalized spacial score (nSPS) is 13.3. The van der Waals surface area contributed by atoms with Crippen LogP contribution in [-0.4, -0.2) is 36.6 Å². The molecule has 0 aliphatic carbocycles. The summed E-state index contributed by atoms with van der Waals surface area (Å²) >= 11 is 16.5. The van der Waals surface area contributed by atoms with Crippen molar-refractivity contribution in [1.82, 2.24) is 10.6 Å². The first-order valence-corrected chi connectivity index (χ1v) is 9.87. The first-order chi connectivity index (χ1) is 14.8. The van der Waals surface area contributed by atoms with E-state index in [-0.39, 0.29) is 17.3 Å². The van der Waals surface area contributed by atoms with E-state index in [9.17, 15) is 14.4 Å². The summed E-state index contributed by atoms with van der Waals surface area (Å²) in [6, 6.07) is 9.42. The number of benzene rings is 2. The number of amides is 3. The van der Waals surface area contributed by atoms with E-state index in [1.165, 1.54) is 19.3 Å². The Bertz CT molecular complexity index is 1100. The average molecular weight is 480 g/mol. The number of thiocarbonyl (C=S) groups is 1. The van der Waals surface area contributed by atoms with Crippen LogP contribution in [0, 0.1) is 0 Å². The molecule has 0 spiro atoms. The van der Waals surface area contributed by atoms with Crippen molar-refractivity contribution in [2.75, 3.05) is 19.0 Å². The van der Waals surface area contributed by atoms with Crippen LogP contribution >= 0.6 is 35.4 Å². The Balaban J connectivity index is 1.68. The van der Waals surface area contributed by atoms with Crippen molar-refractivity contribution in [3.8, 4) is 11.5 Å². The fourth-order valence-electron chi connectivity index (χ4n) is 2.58. The van der Waals surface area contributed by atoms with Crippen LogP contribution in [0.3, 0.4) is 0 Å². The minimum atomic E-state index is -0.605. The van der Waals surface area contributed by atoms with E-state index in [1.807, 2.05) is 0 Å². The summed E-state index contributed by atoms with van der Waals surface area (Å²) in [5.74, 6) is -1.02. The van der Waals surface area contributed by atoms with Gasteiger partial charge in [-0.3, -0.25) is 25.0 Å². The summed E-state index contributed by atoms with van der Waals surface area (Å²) in [7, 11) is 1.42. The van der Waals surface area contributed by atoms with Crippen LogP contribution in [0.1, 0.15) is 5.56 Å². The molecular weight excluding hydrogens is 465 g/mol. The van der Waals surface area contributed by atoms with Crippen LogP contribution in [0.15, 0.2) is 42.0 Å². The Morgan fingerprint density at radius 2 is 1.77 bits per heavy atom. The first-order valence-electron chi connectivity index (χ1n) is 8.71. The molecule has 1 saturated heterocycles. The maximum Gasteiger partial charge on any atom is 0.263 e. The third-order valence-electron chi connectivity index (χ3n) is 4.00.